The average Bonchev–Trinajstić information content (AvgIpc) is 2.57. The van der Waals surface area contributed by atoms with E-state index in [1.54, 1.807) is 25.1 Å². The van der Waals surface area contributed by atoms with Gasteiger partial charge in [-0.1, -0.05) is 0 Å². The number of fused-ring (bicyclic) bond motifs is 1. The molecule has 0 saturated heterocycles. The summed E-state index contributed by atoms with van der Waals surface area (Å²) in [5, 5.41) is 5.41. The minimum Gasteiger partial charge on any atom is -0.326 e. The zero-order valence-corrected chi connectivity index (χ0v) is 10.1. The van der Waals surface area contributed by atoms with Gasteiger partial charge in [0.1, 0.15) is 0 Å². The molecule has 17 heavy (non-hydrogen) atoms. The van der Waals surface area contributed by atoms with Crippen LogP contribution >= 0.6 is 12.4 Å². The summed E-state index contributed by atoms with van der Waals surface area (Å²) in [6.45, 7) is 1.62. The van der Waals surface area contributed by atoms with Crippen LogP contribution in [0.15, 0.2) is 18.2 Å². The van der Waals surface area contributed by atoms with Crippen molar-refractivity contribution < 1.29 is 9.59 Å². The summed E-state index contributed by atoms with van der Waals surface area (Å²) >= 11 is 0. The van der Waals surface area contributed by atoms with Gasteiger partial charge in [0.25, 0.3) is 0 Å². The zero-order valence-electron chi connectivity index (χ0n) is 9.32. The molecule has 0 spiro atoms. The second-order valence-corrected chi connectivity index (χ2v) is 3.87. The molecule has 0 fully saturated rings. The third-order valence-corrected chi connectivity index (χ3v) is 2.41. The molecular weight excluding hydrogens is 242 g/mol. The normalized spacial score (nSPS) is 14.4. The topological polar surface area (TPSA) is 84.2 Å². The van der Waals surface area contributed by atoms with Crippen molar-refractivity contribution in [2.75, 3.05) is 10.6 Å². The Balaban J connectivity index is 0.00000144. The molecule has 4 N–H and O–H groups in total. The van der Waals surface area contributed by atoms with Gasteiger partial charge in [0, 0.05) is 11.4 Å². The highest BCUT2D eigenvalue weighted by atomic mass is 35.5. The number of halogens is 1. The molecule has 1 aliphatic heterocycles. The summed E-state index contributed by atoms with van der Waals surface area (Å²) < 4.78 is 0. The van der Waals surface area contributed by atoms with E-state index in [0.717, 1.165) is 11.3 Å². The number of nitrogens with two attached hydrogens (primary N) is 1. The number of hydrogen-bond donors (Lipinski definition) is 3. The molecule has 1 atom stereocenters. The van der Waals surface area contributed by atoms with E-state index in [4.69, 9.17) is 5.73 Å². The fourth-order valence-electron chi connectivity index (χ4n) is 1.56. The first-order chi connectivity index (χ1) is 7.56. The van der Waals surface area contributed by atoms with Gasteiger partial charge in [-0.3, -0.25) is 9.59 Å². The van der Waals surface area contributed by atoms with Crippen LogP contribution in [0.2, 0.25) is 0 Å². The van der Waals surface area contributed by atoms with Crippen LogP contribution in [0.3, 0.4) is 0 Å². The first-order valence-corrected chi connectivity index (χ1v) is 5.05. The third kappa shape index (κ3) is 2.95. The van der Waals surface area contributed by atoms with Crippen molar-refractivity contribution in [3.63, 3.8) is 0 Å². The Morgan fingerprint density at radius 2 is 2.24 bits per heavy atom. The predicted octanol–water partition coefficient (Wildman–Crippen LogP) is 0.889. The van der Waals surface area contributed by atoms with Gasteiger partial charge in [-0.2, -0.15) is 0 Å². The van der Waals surface area contributed by atoms with Gasteiger partial charge in [-0.05, 0) is 30.7 Å². The van der Waals surface area contributed by atoms with Crippen LogP contribution < -0.4 is 16.4 Å². The van der Waals surface area contributed by atoms with Gasteiger partial charge in [-0.15, -0.1) is 12.4 Å². The number of benzene rings is 1. The molecule has 1 unspecified atom stereocenters. The maximum absolute atomic E-state index is 11.4. The minimum atomic E-state index is -0.548. The summed E-state index contributed by atoms with van der Waals surface area (Å²) in [4.78, 5) is 22.5. The summed E-state index contributed by atoms with van der Waals surface area (Å²) in [6, 6.07) is 4.75. The van der Waals surface area contributed by atoms with Crippen molar-refractivity contribution >= 4 is 35.6 Å². The Bertz CT molecular complexity index is 460. The molecule has 1 aliphatic rings. The van der Waals surface area contributed by atoms with Crippen LogP contribution in [0.1, 0.15) is 12.5 Å². The van der Waals surface area contributed by atoms with Gasteiger partial charge in [0.2, 0.25) is 11.8 Å². The van der Waals surface area contributed by atoms with E-state index in [0.29, 0.717) is 12.1 Å². The van der Waals surface area contributed by atoms with E-state index in [2.05, 4.69) is 10.6 Å². The van der Waals surface area contributed by atoms with Crippen LogP contribution in [0, 0.1) is 0 Å². The highest BCUT2D eigenvalue weighted by molar-refractivity contribution is 6.00. The largest absolute Gasteiger partial charge is 0.326 e. The molecule has 6 heteroatoms. The summed E-state index contributed by atoms with van der Waals surface area (Å²) in [5.41, 5.74) is 7.81. The third-order valence-electron chi connectivity index (χ3n) is 2.41. The number of rotatable bonds is 2. The lowest BCUT2D eigenvalue weighted by molar-refractivity contribution is -0.117. The molecule has 2 rings (SSSR count). The first kappa shape index (κ1) is 13.5. The summed E-state index contributed by atoms with van der Waals surface area (Å²) in [6.07, 6.45) is 0.358. The quantitative estimate of drug-likeness (QED) is 0.734. The summed E-state index contributed by atoms with van der Waals surface area (Å²) in [5.74, 6) is -0.261. The van der Waals surface area contributed by atoms with Crippen LogP contribution in [0.5, 0.6) is 0 Å². The van der Waals surface area contributed by atoms with E-state index in [1.165, 1.54) is 0 Å². The molecule has 2 amide bonds. The number of hydrogen-bond acceptors (Lipinski definition) is 3. The fraction of sp³-hybridized carbons (Fsp3) is 0.273. The first-order valence-electron chi connectivity index (χ1n) is 5.05. The van der Waals surface area contributed by atoms with Crippen LogP contribution in [-0.4, -0.2) is 17.9 Å². The lowest BCUT2D eigenvalue weighted by Crippen LogP contribution is -2.32. The number of carbonyl (C=O) groups excluding carboxylic acids is 2. The van der Waals surface area contributed by atoms with E-state index >= 15 is 0 Å². The van der Waals surface area contributed by atoms with Crippen molar-refractivity contribution in [3.05, 3.63) is 23.8 Å². The Labute approximate surface area is 105 Å². The maximum Gasteiger partial charge on any atom is 0.240 e. The molecule has 1 aromatic carbocycles. The Kier molecular flexibility index (Phi) is 4.09. The van der Waals surface area contributed by atoms with Crippen molar-refractivity contribution in [2.24, 2.45) is 5.73 Å². The van der Waals surface area contributed by atoms with Gasteiger partial charge >= 0.3 is 0 Å². The van der Waals surface area contributed by atoms with Gasteiger partial charge in [0.15, 0.2) is 0 Å². The summed E-state index contributed by atoms with van der Waals surface area (Å²) in [7, 11) is 0. The molecule has 1 heterocycles. The van der Waals surface area contributed by atoms with Gasteiger partial charge < -0.3 is 16.4 Å². The van der Waals surface area contributed by atoms with E-state index < -0.39 is 6.04 Å². The Morgan fingerprint density at radius 3 is 2.88 bits per heavy atom. The van der Waals surface area contributed by atoms with E-state index in [-0.39, 0.29) is 24.2 Å². The molecule has 0 aliphatic carbocycles. The van der Waals surface area contributed by atoms with Crippen LogP contribution in [0.25, 0.3) is 0 Å². The molecule has 0 saturated carbocycles. The molecule has 5 nitrogen and oxygen atoms in total. The van der Waals surface area contributed by atoms with Crippen LogP contribution in [0.4, 0.5) is 11.4 Å². The molecule has 92 valence electrons. The SMILES string of the molecule is CC(N)C(=O)Nc1ccc2c(c1)CC(=O)N2.Cl. The fourth-order valence-corrected chi connectivity index (χ4v) is 1.56. The number of nitrogens with one attached hydrogen (secondary N) is 2. The maximum atomic E-state index is 11.4. The lowest BCUT2D eigenvalue weighted by atomic mass is 10.1. The Morgan fingerprint density at radius 1 is 1.53 bits per heavy atom. The predicted molar refractivity (Wildman–Crippen MR) is 68.3 cm³/mol. The minimum absolute atomic E-state index is 0. The smallest absolute Gasteiger partial charge is 0.240 e. The molecule has 0 aromatic heterocycles. The average molecular weight is 256 g/mol. The van der Waals surface area contributed by atoms with Crippen molar-refractivity contribution in [1.82, 2.24) is 0 Å². The van der Waals surface area contributed by atoms with E-state index in [9.17, 15) is 9.59 Å². The second kappa shape index (κ2) is 5.16. The van der Waals surface area contributed by atoms with E-state index in [1.807, 2.05) is 0 Å². The zero-order chi connectivity index (χ0) is 11.7. The molecule has 1 aromatic rings. The second-order valence-electron chi connectivity index (χ2n) is 3.87. The molecular formula is C11H14ClN3O2. The highest BCUT2D eigenvalue weighted by Gasteiger charge is 2.18. The van der Waals surface area contributed by atoms with Gasteiger partial charge in [-0.25, -0.2) is 0 Å². The number of anilines is 2. The molecule has 0 bridgehead atoms. The lowest BCUT2D eigenvalue weighted by Gasteiger charge is -2.08. The van der Waals surface area contributed by atoms with Crippen molar-refractivity contribution in [1.29, 1.82) is 0 Å². The Hall–Kier alpha value is -1.59. The van der Waals surface area contributed by atoms with Crippen molar-refractivity contribution in [3.8, 4) is 0 Å². The highest BCUT2D eigenvalue weighted by Crippen LogP contribution is 2.25. The van der Waals surface area contributed by atoms with Crippen LogP contribution in [-0.2, 0) is 16.0 Å². The number of carbonyl (C=O) groups is 2. The number of amides is 2. The molecule has 0 radical (unpaired) electrons. The monoisotopic (exact) mass is 255 g/mol. The van der Waals surface area contributed by atoms with Gasteiger partial charge in [0.05, 0.1) is 12.5 Å². The van der Waals surface area contributed by atoms with Crippen molar-refractivity contribution in [2.45, 2.75) is 19.4 Å². The standard InChI is InChI=1S/C11H13N3O2.ClH/c1-6(12)11(16)13-8-2-3-9-7(4-8)5-10(15)14-9;/h2-4,6H,5,12H2,1H3,(H,13,16)(H,14,15);1H.